The van der Waals surface area contributed by atoms with E-state index in [1.165, 1.54) is 25.7 Å². The Morgan fingerprint density at radius 3 is 2.60 bits per heavy atom. The van der Waals surface area contributed by atoms with Crippen LogP contribution < -0.4 is 5.73 Å². The summed E-state index contributed by atoms with van der Waals surface area (Å²) < 4.78 is 0. The molecule has 2 atom stereocenters. The molecule has 1 unspecified atom stereocenters. The van der Waals surface area contributed by atoms with Gasteiger partial charge in [-0.25, -0.2) is 0 Å². The van der Waals surface area contributed by atoms with E-state index in [0.717, 1.165) is 12.5 Å². The summed E-state index contributed by atoms with van der Waals surface area (Å²) in [7, 11) is 0. The number of rotatable bonds is 2. The third kappa shape index (κ3) is 1.60. The molecule has 1 saturated carbocycles. The Bertz CT molecular complexity index is 109. The molecule has 0 radical (unpaired) electrons. The van der Waals surface area contributed by atoms with E-state index in [1.54, 1.807) is 0 Å². The SMILES string of the molecule is C=C[C@@H]1CCCCC1CN. The first-order chi connectivity index (χ1) is 4.88. The van der Waals surface area contributed by atoms with Gasteiger partial charge in [0.1, 0.15) is 0 Å². The summed E-state index contributed by atoms with van der Waals surface area (Å²) in [6.07, 6.45) is 7.44. The summed E-state index contributed by atoms with van der Waals surface area (Å²) in [4.78, 5) is 0. The van der Waals surface area contributed by atoms with Crippen molar-refractivity contribution in [2.45, 2.75) is 25.7 Å². The molecular weight excluding hydrogens is 122 g/mol. The van der Waals surface area contributed by atoms with Crippen LogP contribution in [0.3, 0.4) is 0 Å². The molecule has 0 aliphatic heterocycles. The molecule has 0 aromatic heterocycles. The minimum Gasteiger partial charge on any atom is -0.330 e. The van der Waals surface area contributed by atoms with Crippen LogP contribution in [0.2, 0.25) is 0 Å². The summed E-state index contributed by atoms with van der Waals surface area (Å²) in [5.41, 5.74) is 5.62. The molecule has 0 aromatic rings. The summed E-state index contributed by atoms with van der Waals surface area (Å²) in [5.74, 6) is 1.44. The van der Waals surface area contributed by atoms with Crippen LogP contribution in [-0.2, 0) is 0 Å². The van der Waals surface area contributed by atoms with Gasteiger partial charge in [-0.15, -0.1) is 6.58 Å². The summed E-state index contributed by atoms with van der Waals surface area (Å²) in [5, 5.41) is 0. The third-order valence-electron chi connectivity index (χ3n) is 2.57. The van der Waals surface area contributed by atoms with Crippen molar-refractivity contribution in [2.75, 3.05) is 6.54 Å². The van der Waals surface area contributed by atoms with Crippen molar-refractivity contribution in [3.8, 4) is 0 Å². The van der Waals surface area contributed by atoms with E-state index in [0.29, 0.717) is 5.92 Å². The maximum Gasteiger partial charge on any atom is -0.00432 e. The van der Waals surface area contributed by atoms with Gasteiger partial charge in [-0.3, -0.25) is 0 Å². The predicted octanol–water partition coefficient (Wildman–Crippen LogP) is 1.94. The van der Waals surface area contributed by atoms with Gasteiger partial charge in [-0.05, 0) is 31.2 Å². The lowest BCUT2D eigenvalue weighted by molar-refractivity contribution is 0.291. The van der Waals surface area contributed by atoms with Gasteiger partial charge < -0.3 is 5.73 Å². The fourth-order valence-electron chi connectivity index (χ4n) is 1.84. The zero-order valence-electron chi connectivity index (χ0n) is 6.55. The number of hydrogen-bond donors (Lipinski definition) is 1. The van der Waals surface area contributed by atoms with Crippen LogP contribution in [0.15, 0.2) is 12.7 Å². The minimum atomic E-state index is 0.707. The second kappa shape index (κ2) is 3.77. The summed E-state index contributed by atoms with van der Waals surface area (Å²) in [6.45, 7) is 4.67. The fraction of sp³-hybridized carbons (Fsp3) is 0.778. The highest BCUT2D eigenvalue weighted by molar-refractivity contribution is 4.87. The van der Waals surface area contributed by atoms with E-state index in [-0.39, 0.29) is 0 Å². The standard InChI is InChI=1S/C9H17N/c1-2-8-5-3-4-6-9(8)7-10/h2,8-9H,1,3-7,10H2/t8-,9?/m1/s1. The third-order valence-corrected chi connectivity index (χ3v) is 2.57. The summed E-state index contributed by atoms with van der Waals surface area (Å²) >= 11 is 0. The molecule has 1 aliphatic rings. The molecule has 1 heteroatoms. The Hall–Kier alpha value is -0.300. The molecule has 1 rings (SSSR count). The molecule has 1 aliphatic carbocycles. The number of hydrogen-bond acceptors (Lipinski definition) is 1. The normalized spacial score (nSPS) is 33.7. The van der Waals surface area contributed by atoms with Gasteiger partial charge in [0.2, 0.25) is 0 Å². The topological polar surface area (TPSA) is 26.0 Å². The highest BCUT2D eigenvalue weighted by Gasteiger charge is 2.20. The quantitative estimate of drug-likeness (QED) is 0.581. The van der Waals surface area contributed by atoms with Crippen LogP contribution in [0.5, 0.6) is 0 Å². The van der Waals surface area contributed by atoms with Gasteiger partial charge in [0.05, 0.1) is 0 Å². The van der Waals surface area contributed by atoms with Crippen LogP contribution in [0.25, 0.3) is 0 Å². The van der Waals surface area contributed by atoms with Gasteiger partial charge in [0.15, 0.2) is 0 Å². The zero-order chi connectivity index (χ0) is 7.40. The van der Waals surface area contributed by atoms with Crippen LogP contribution in [0, 0.1) is 11.8 Å². The maximum absolute atomic E-state index is 5.62. The number of allylic oxidation sites excluding steroid dienone is 1. The van der Waals surface area contributed by atoms with E-state index >= 15 is 0 Å². The van der Waals surface area contributed by atoms with Crippen molar-refractivity contribution >= 4 is 0 Å². The molecule has 0 saturated heterocycles. The molecule has 10 heavy (non-hydrogen) atoms. The average Bonchev–Trinajstić information content (AvgIpc) is 2.04. The molecule has 2 N–H and O–H groups in total. The number of nitrogens with two attached hydrogens (primary N) is 1. The fourth-order valence-corrected chi connectivity index (χ4v) is 1.84. The Morgan fingerprint density at radius 1 is 1.40 bits per heavy atom. The van der Waals surface area contributed by atoms with E-state index in [9.17, 15) is 0 Å². The van der Waals surface area contributed by atoms with Crippen LogP contribution >= 0.6 is 0 Å². The van der Waals surface area contributed by atoms with Gasteiger partial charge in [-0.2, -0.15) is 0 Å². The first kappa shape index (κ1) is 7.80. The van der Waals surface area contributed by atoms with E-state index in [4.69, 9.17) is 5.73 Å². The van der Waals surface area contributed by atoms with Gasteiger partial charge in [0, 0.05) is 0 Å². The molecular formula is C9H17N. The van der Waals surface area contributed by atoms with E-state index in [2.05, 4.69) is 12.7 Å². The van der Waals surface area contributed by atoms with Crippen LogP contribution in [-0.4, -0.2) is 6.54 Å². The molecule has 1 fully saturated rings. The maximum atomic E-state index is 5.62. The largest absolute Gasteiger partial charge is 0.330 e. The average molecular weight is 139 g/mol. The first-order valence-electron chi connectivity index (χ1n) is 4.21. The van der Waals surface area contributed by atoms with E-state index in [1.807, 2.05) is 0 Å². The van der Waals surface area contributed by atoms with E-state index < -0.39 is 0 Å². The van der Waals surface area contributed by atoms with Crippen LogP contribution in [0.1, 0.15) is 25.7 Å². The molecule has 0 aromatic carbocycles. The molecule has 0 spiro atoms. The smallest absolute Gasteiger partial charge is 0.00432 e. The van der Waals surface area contributed by atoms with Crippen molar-refractivity contribution in [3.63, 3.8) is 0 Å². The van der Waals surface area contributed by atoms with Gasteiger partial charge in [0.25, 0.3) is 0 Å². The Kier molecular flexibility index (Phi) is 2.94. The van der Waals surface area contributed by atoms with Crippen molar-refractivity contribution < 1.29 is 0 Å². The zero-order valence-corrected chi connectivity index (χ0v) is 6.55. The lowest BCUT2D eigenvalue weighted by Gasteiger charge is -2.27. The van der Waals surface area contributed by atoms with Crippen molar-refractivity contribution in [1.29, 1.82) is 0 Å². The van der Waals surface area contributed by atoms with Crippen molar-refractivity contribution in [1.82, 2.24) is 0 Å². The monoisotopic (exact) mass is 139 g/mol. The Morgan fingerprint density at radius 2 is 2.10 bits per heavy atom. The first-order valence-corrected chi connectivity index (χ1v) is 4.21. The Balaban J connectivity index is 2.41. The molecule has 58 valence electrons. The van der Waals surface area contributed by atoms with Crippen molar-refractivity contribution in [3.05, 3.63) is 12.7 Å². The second-order valence-electron chi connectivity index (χ2n) is 3.18. The van der Waals surface area contributed by atoms with Gasteiger partial charge >= 0.3 is 0 Å². The molecule has 0 heterocycles. The second-order valence-corrected chi connectivity index (χ2v) is 3.18. The Labute approximate surface area is 63.3 Å². The lowest BCUT2D eigenvalue weighted by Crippen LogP contribution is -2.25. The van der Waals surface area contributed by atoms with Crippen molar-refractivity contribution in [2.24, 2.45) is 17.6 Å². The molecule has 0 amide bonds. The molecule has 1 nitrogen and oxygen atoms in total. The van der Waals surface area contributed by atoms with Crippen LogP contribution in [0.4, 0.5) is 0 Å². The minimum absolute atomic E-state index is 0.707. The highest BCUT2D eigenvalue weighted by atomic mass is 14.6. The highest BCUT2D eigenvalue weighted by Crippen LogP contribution is 2.29. The van der Waals surface area contributed by atoms with Gasteiger partial charge in [-0.1, -0.05) is 18.9 Å². The predicted molar refractivity (Wildman–Crippen MR) is 44.7 cm³/mol. The molecule has 0 bridgehead atoms. The lowest BCUT2D eigenvalue weighted by atomic mass is 9.79. The summed E-state index contributed by atoms with van der Waals surface area (Å²) in [6, 6.07) is 0.